The molecule has 0 spiro atoms. The zero-order valence-electron chi connectivity index (χ0n) is 12.8. The van der Waals surface area contributed by atoms with E-state index in [4.69, 9.17) is 9.66 Å². The Morgan fingerprint density at radius 2 is 1.92 bits per heavy atom. The minimum Gasteiger partial charge on any atom is -0.332 e. The van der Waals surface area contributed by atoms with Gasteiger partial charge in [-0.1, -0.05) is 30.1 Å². The minimum atomic E-state index is -3.83. The average molecular weight is 344 g/mol. The second kappa shape index (κ2) is 5.64. The molecule has 0 bridgehead atoms. The largest absolute Gasteiger partial charge is 0.332 e. The van der Waals surface area contributed by atoms with Gasteiger partial charge in [0.2, 0.25) is 10.0 Å². The summed E-state index contributed by atoms with van der Waals surface area (Å²) in [6, 6.07) is 6.49. The van der Waals surface area contributed by atoms with Crippen LogP contribution in [0.15, 0.2) is 39.9 Å². The van der Waals surface area contributed by atoms with Gasteiger partial charge in [0.05, 0.1) is 4.90 Å². The number of nitrogens with zero attached hydrogens (tertiary/aromatic N) is 3. The van der Waals surface area contributed by atoms with Crippen LogP contribution in [-0.4, -0.2) is 23.5 Å². The predicted octanol–water partition coefficient (Wildman–Crippen LogP) is 2.59. The van der Waals surface area contributed by atoms with E-state index in [2.05, 4.69) is 15.1 Å². The number of hydrogen-bond acceptors (Lipinski definition) is 6. The fraction of sp³-hybridized carbons (Fsp3) is 0.312. The molecule has 0 aliphatic heterocycles. The van der Waals surface area contributed by atoms with Gasteiger partial charge in [0, 0.05) is 22.9 Å². The fourth-order valence-electron chi connectivity index (χ4n) is 3.28. The maximum absolute atomic E-state index is 11.8. The van der Waals surface area contributed by atoms with Gasteiger partial charge in [-0.15, -0.1) is 0 Å². The lowest BCUT2D eigenvalue weighted by atomic mass is 10.1. The minimum absolute atomic E-state index is 0.0548. The SMILES string of the molecule is NS(=O)(=O)c1cccc2c(-c3nc(C4CCCC4)no3)nccc12. The smallest absolute Gasteiger partial charge is 0.277 e. The number of pyridine rings is 1. The van der Waals surface area contributed by atoms with Crippen LogP contribution >= 0.6 is 0 Å². The standard InChI is InChI=1S/C16H16N4O3S/c17-24(21,22)13-7-3-6-12-11(13)8-9-18-14(12)16-19-15(20-23-16)10-4-1-2-5-10/h3,6-10H,1-2,4-5H2,(H2,17,21,22). The van der Waals surface area contributed by atoms with Crippen LogP contribution in [0.25, 0.3) is 22.4 Å². The van der Waals surface area contributed by atoms with E-state index >= 15 is 0 Å². The van der Waals surface area contributed by atoms with E-state index in [1.165, 1.54) is 25.1 Å². The molecule has 24 heavy (non-hydrogen) atoms. The van der Waals surface area contributed by atoms with Crippen molar-refractivity contribution in [2.24, 2.45) is 5.14 Å². The first-order valence-corrected chi connectivity index (χ1v) is 9.33. The lowest BCUT2D eigenvalue weighted by Crippen LogP contribution is -2.12. The Labute approximate surface area is 138 Å². The molecule has 4 rings (SSSR count). The number of primary sulfonamides is 1. The molecule has 3 aromatic rings. The lowest BCUT2D eigenvalue weighted by Gasteiger charge is -2.06. The maximum atomic E-state index is 11.8. The summed E-state index contributed by atoms with van der Waals surface area (Å²) in [5, 5.41) is 10.5. The number of aromatic nitrogens is 3. The second-order valence-electron chi connectivity index (χ2n) is 5.99. The monoisotopic (exact) mass is 344 g/mol. The van der Waals surface area contributed by atoms with E-state index in [0.717, 1.165) is 12.8 Å². The van der Waals surface area contributed by atoms with Crippen LogP contribution in [0.1, 0.15) is 37.4 Å². The normalized spacial score (nSPS) is 16.0. The molecule has 8 heteroatoms. The van der Waals surface area contributed by atoms with Gasteiger partial charge in [-0.3, -0.25) is 4.98 Å². The molecule has 0 amide bonds. The molecular weight excluding hydrogens is 328 g/mol. The zero-order chi connectivity index (χ0) is 16.7. The summed E-state index contributed by atoms with van der Waals surface area (Å²) in [7, 11) is -3.83. The van der Waals surface area contributed by atoms with Crippen molar-refractivity contribution in [3.8, 4) is 11.6 Å². The highest BCUT2D eigenvalue weighted by molar-refractivity contribution is 7.89. The quantitative estimate of drug-likeness (QED) is 0.781. The van der Waals surface area contributed by atoms with Crippen molar-refractivity contribution < 1.29 is 12.9 Å². The molecule has 0 atom stereocenters. The Balaban J connectivity index is 1.86. The number of benzene rings is 1. The first-order chi connectivity index (χ1) is 11.5. The van der Waals surface area contributed by atoms with Crippen molar-refractivity contribution >= 4 is 20.8 Å². The zero-order valence-corrected chi connectivity index (χ0v) is 13.7. The highest BCUT2D eigenvalue weighted by Gasteiger charge is 2.24. The molecule has 2 heterocycles. The van der Waals surface area contributed by atoms with E-state index in [1.807, 2.05) is 0 Å². The number of rotatable bonds is 3. The van der Waals surface area contributed by atoms with E-state index < -0.39 is 10.0 Å². The summed E-state index contributed by atoms with van der Waals surface area (Å²) in [6.07, 6.45) is 6.01. The first kappa shape index (κ1) is 15.2. The summed E-state index contributed by atoms with van der Waals surface area (Å²) in [4.78, 5) is 8.85. The molecule has 0 radical (unpaired) electrons. The predicted molar refractivity (Wildman–Crippen MR) is 87.6 cm³/mol. The van der Waals surface area contributed by atoms with Gasteiger partial charge in [-0.25, -0.2) is 13.6 Å². The Bertz CT molecular complexity index is 1010. The molecular formula is C16H16N4O3S. The van der Waals surface area contributed by atoms with Gasteiger partial charge in [0.1, 0.15) is 5.69 Å². The third-order valence-electron chi connectivity index (χ3n) is 4.44. The van der Waals surface area contributed by atoms with Crippen LogP contribution < -0.4 is 5.14 Å². The number of sulfonamides is 1. The van der Waals surface area contributed by atoms with E-state index in [0.29, 0.717) is 34.1 Å². The van der Waals surface area contributed by atoms with Crippen LogP contribution in [0.2, 0.25) is 0 Å². The van der Waals surface area contributed by atoms with Crippen LogP contribution in [0.4, 0.5) is 0 Å². The van der Waals surface area contributed by atoms with Gasteiger partial charge in [0.25, 0.3) is 5.89 Å². The first-order valence-electron chi connectivity index (χ1n) is 7.78. The van der Waals surface area contributed by atoms with Crippen molar-refractivity contribution in [2.75, 3.05) is 0 Å². The van der Waals surface area contributed by atoms with Crippen LogP contribution in [0.5, 0.6) is 0 Å². The molecule has 124 valence electrons. The Kier molecular flexibility index (Phi) is 3.58. The summed E-state index contributed by atoms with van der Waals surface area (Å²) in [6.45, 7) is 0. The Morgan fingerprint density at radius 3 is 2.67 bits per heavy atom. The number of hydrogen-bond donors (Lipinski definition) is 1. The van der Waals surface area contributed by atoms with E-state index in [9.17, 15) is 8.42 Å². The Hall–Kier alpha value is -2.32. The van der Waals surface area contributed by atoms with Gasteiger partial charge >= 0.3 is 0 Å². The summed E-state index contributed by atoms with van der Waals surface area (Å²) in [5.41, 5.74) is 0.467. The molecule has 1 fully saturated rings. The van der Waals surface area contributed by atoms with Crippen molar-refractivity contribution in [1.29, 1.82) is 0 Å². The summed E-state index contributed by atoms with van der Waals surface area (Å²) >= 11 is 0. The molecule has 2 N–H and O–H groups in total. The molecule has 0 saturated heterocycles. The lowest BCUT2D eigenvalue weighted by molar-refractivity contribution is 0.415. The molecule has 0 unspecified atom stereocenters. The molecule has 1 saturated carbocycles. The third-order valence-corrected chi connectivity index (χ3v) is 5.41. The van der Waals surface area contributed by atoms with Crippen molar-refractivity contribution in [2.45, 2.75) is 36.5 Å². The maximum Gasteiger partial charge on any atom is 0.277 e. The summed E-state index contributed by atoms with van der Waals surface area (Å²) < 4.78 is 28.9. The van der Waals surface area contributed by atoms with Crippen LogP contribution in [0, 0.1) is 0 Å². The highest BCUT2D eigenvalue weighted by Crippen LogP contribution is 2.34. The van der Waals surface area contributed by atoms with Gasteiger partial charge < -0.3 is 4.52 Å². The highest BCUT2D eigenvalue weighted by atomic mass is 32.2. The fourth-order valence-corrected chi connectivity index (χ4v) is 4.03. The molecule has 7 nitrogen and oxygen atoms in total. The van der Waals surface area contributed by atoms with Crippen molar-refractivity contribution in [3.05, 3.63) is 36.3 Å². The van der Waals surface area contributed by atoms with E-state index in [1.54, 1.807) is 18.2 Å². The topological polar surface area (TPSA) is 112 Å². The second-order valence-corrected chi connectivity index (χ2v) is 7.52. The molecule has 1 aliphatic carbocycles. The third kappa shape index (κ3) is 2.57. The van der Waals surface area contributed by atoms with Crippen molar-refractivity contribution in [3.63, 3.8) is 0 Å². The van der Waals surface area contributed by atoms with Gasteiger partial charge in [-0.2, -0.15) is 4.98 Å². The Morgan fingerprint density at radius 1 is 1.12 bits per heavy atom. The van der Waals surface area contributed by atoms with E-state index in [-0.39, 0.29) is 4.90 Å². The molecule has 1 aromatic carbocycles. The molecule has 1 aliphatic rings. The summed E-state index contributed by atoms with van der Waals surface area (Å²) in [5.74, 6) is 1.33. The van der Waals surface area contributed by atoms with Gasteiger partial charge in [-0.05, 0) is 25.0 Å². The number of nitrogens with two attached hydrogens (primary N) is 1. The van der Waals surface area contributed by atoms with Crippen LogP contribution in [0.3, 0.4) is 0 Å². The molecule has 2 aromatic heterocycles. The number of fused-ring (bicyclic) bond motifs is 1. The van der Waals surface area contributed by atoms with Crippen LogP contribution in [-0.2, 0) is 10.0 Å². The van der Waals surface area contributed by atoms with Gasteiger partial charge in [0.15, 0.2) is 5.82 Å². The van der Waals surface area contributed by atoms with Crippen molar-refractivity contribution in [1.82, 2.24) is 15.1 Å². The average Bonchev–Trinajstić information content (AvgIpc) is 3.24.